The maximum atomic E-state index is 12.7. The number of rotatable bonds is 4. The van der Waals surface area contributed by atoms with Gasteiger partial charge in [-0.15, -0.1) is 0 Å². The molecule has 0 bridgehead atoms. The van der Waals surface area contributed by atoms with E-state index in [9.17, 15) is 19.8 Å². The first-order chi connectivity index (χ1) is 10.0. The van der Waals surface area contributed by atoms with Gasteiger partial charge in [-0.25, -0.2) is 4.79 Å². The number of β-amino-alcohol motifs (C(OH)–C–C–N with tert-alkyl or cyclic N) is 1. The number of aliphatic hydroxyl groups excluding tert-OH is 1. The average molecular weight is 300 g/mol. The van der Waals surface area contributed by atoms with Gasteiger partial charge in [0.1, 0.15) is 5.92 Å². The predicted molar refractivity (Wildman–Crippen MR) is 74.9 cm³/mol. The number of carboxylic acid groups (broad SMARTS) is 1. The highest BCUT2D eigenvalue weighted by Crippen LogP contribution is 2.23. The third-order valence-electron chi connectivity index (χ3n) is 4.15. The van der Waals surface area contributed by atoms with Crippen molar-refractivity contribution in [1.29, 1.82) is 0 Å². The summed E-state index contributed by atoms with van der Waals surface area (Å²) in [7, 11) is 0. The molecule has 120 valence electrons. The molecular weight excluding hydrogens is 276 g/mol. The quantitative estimate of drug-likeness (QED) is 0.783. The number of nitrogens with zero attached hydrogens (tertiary/aromatic N) is 2. The van der Waals surface area contributed by atoms with E-state index in [2.05, 4.69) is 0 Å². The van der Waals surface area contributed by atoms with Gasteiger partial charge < -0.3 is 24.7 Å². The van der Waals surface area contributed by atoms with Crippen molar-refractivity contribution < 1.29 is 24.5 Å². The van der Waals surface area contributed by atoms with E-state index in [1.807, 2.05) is 6.92 Å². The fourth-order valence-corrected chi connectivity index (χ4v) is 3.04. The molecule has 0 spiro atoms. The number of aliphatic carboxylic acids is 1. The number of hydrogen-bond acceptors (Lipinski definition) is 4. The van der Waals surface area contributed by atoms with Crippen molar-refractivity contribution in [2.24, 2.45) is 5.92 Å². The fourth-order valence-electron chi connectivity index (χ4n) is 3.04. The summed E-state index contributed by atoms with van der Waals surface area (Å²) >= 11 is 0. The minimum absolute atomic E-state index is 0.149. The maximum Gasteiger partial charge on any atom is 0.320 e. The molecule has 0 aliphatic carbocycles. The third-order valence-corrected chi connectivity index (χ3v) is 4.15. The molecule has 2 rings (SSSR count). The van der Waals surface area contributed by atoms with Crippen molar-refractivity contribution in [3.05, 3.63) is 0 Å². The van der Waals surface area contributed by atoms with E-state index < -0.39 is 24.0 Å². The minimum Gasteiger partial charge on any atom is -0.481 e. The highest BCUT2D eigenvalue weighted by molar-refractivity contribution is 5.77. The summed E-state index contributed by atoms with van der Waals surface area (Å²) in [6.45, 7) is 3.81. The van der Waals surface area contributed by atoms with E-state index in [4.69, 9.17) is 4.74 Å². The SMILES string of the molecule is CCCN(C(=O)N1CCCC(O)C1)C1COCC1C(=O)O. The Balaban J connectivity index is 2.10. The molecule has 3 atom stereocenters. The van der Waals surface area contributed by atoms with Gasteiger partial charge in [0.05, 0.1) is 25.4 Å². The monoisotopic (exact) mass is 300 g/mol. The predicted octanol–water partition coefficient (Wildman–Crippen LogP) is 0.375. The van der Waals surface area contributed by atoms with Gasteiger partial charge in [0.15, 0.2) is 0 Å². The lowest BCUT2D eigenvalue weighted by Gasteiger charge is -2.38. The van der Waals surface area contributed by atoms with Crippen LogP contribution in [-0.4, -0.2) is 77.0 Å². The number of carbonyl (C=O) groups excluding carboxylic acids is 1. The van der Waals surface area contributed by atoms with E-state index in [0.29, 0.717) is 26.1 Å². The first-order valence-electron chi connectivity index (χ1n) is 7.58. The van der Waals surface area contributed by atoms with Crippen molar-refractivity contribution in [3.8, 4) is 0 Å². The largest absolute Gasteiger partial charge is 0.481 e. The number of hydrogen-bond donors (Lipinski definition) is 2. The summed E-state index contributed by atoms with van der Waals surface area (Å²) in [5.41, 5.74) is 0. The molecular formula is C14H24N2O5. The van der Waals surface area contributed by atoms with Crippen LogP contribution in [-0.2, 0) is 9.53 Å². The normalized spacial score (nSPS) is 29.4. The molecule has 2 aliphatic rings. The molecule has 0 aromatic heterocycles. The summed E-state index contributed by atoms with van der Waals surface area (Å²) in [4.78, 5) is 27.2. The standard InChI is InChI=1S/C14H24N2O5/c1-2-5-16(12-9-21-8-11(12)13(18)19)14(20)15-6-3-4-10(17)7-15/h10-12,17H,2-9H2,1H3,(H,18,19). The smallest absolute Gasteiger partial charge is 0.320 e. The number of piperidine rings is 1. The lowest BCUT2D eigenvalue weighted by atomic mass is 10.0. The van der Waals surface area contributed by atoms with Gasteiger partial charge in [-0.05, 0) is 19.3 Å². The molecule has 21 heavy (non-hydrogen) atoms. The van der Waals surface area contributed by atoms with Crippen LogP contribution >= 0.6 is 0 Å². The van der Waals surface area contributed by atoms with Crippen molar-refractivity contribution in [2.45, 2.75) is 38.3 Å². The zero-order chi connectivity index (χ0) is 15.4. The molecule has 0 aromatic rings. The van der Waals surface area contributed by atoms with E-state index in [0.717, 1.165) is 12.8 Å². The summed E-state index contributed by atoms with van der Waals surface area (Å²) in [6, 6.07) is -0.605. The maximum absolute atomic E-state index is 12.7. The Kier molecular flexibility index (Phi) is 5.41. The van der Waals surface area contributed by atoms with Gasteiger partial charge in [0.25, 0.3) is 0 Å². The van der Waals surface area contributed by atoms with E-state index >= 15 is 0 Å². The Morgan fingerprint density at radius 1 is 1.38 bits per heavy atom. The van der Waals surface area contributed by atoms with Crippen LogP contribution in [0.2, 0.25) is 0 Å². The first-order valence-corrected chi connectivity index (χ1v) is 7.58. The molecule has 0 aromatic carbocycles. The van der Waals surface area contributed by atoms with Gasteiger partial charge in [0.2, 0.25) is 0 Å². The number of urea groups is 1. The lowest BCUT2D eigenvalue weighted by molar-refractivity contribution is -0.142. The summed E-state index contributed by atoms with van der Waals surface area (Å²) in [5.74, 6) is -1.60. The van der Waals surface area contributed by atoms with E-state index in [-0.39, 0.29) is 19.2 Å². The van der Waals surface area contributed by atoms with Crippen LogP contribution in [0.5, 0.6) is 0 Å². The molecule has 7 nitrogen and oxygen atoms in total. The molecule has 0 radical (unpaired) electrons. The fraction of sp³-hybridized carbons (Fsp3) is 0.857. The van der Waals surface area contributed by atoms with Crippen molar-refractivity contribution >= 4 is 12.0 Å². The molecule has 2 heterocycles. The second kappa shape index (κ2) is 7.09. The minimum atomic E-state index is -0.926. The molecule has 2 fully saturated rings. The summed E-state index contributed by atoms with van der Waals surface area (Å²) in [5, 5.41) is 19.0. The van der Waals surface area contributed by atoms with Gasteiger partial charge in [-0.2, -0.15) is 0 Å². The van der Waals surface area contributed by atoms with Crippen molar-refractivity contribution in [1.82, 2.24) is 9.80 Å². The molecule has 3 unspecified atom stereocenters. The Morgan fingerprint density at radius 3 is 2.76 bits per heavy atom. The van der Waals surface area contributed by atoms with Gasteiger partial charge >= 0.3 is 12.0 Å². The van der Waals surface area contributed by atoms with Crippen LogP contribution in [0.15, 0.2) is 0 Å². The van der Waals surface area contributed by atoms with E-state index in [1.165, 1.54) is 0 Å². The molecule has 2 N–H and O–H groups in total. The number of aliphatic hydroxyl groups is 1. The highest BCUT2D eigenvalue weighted by Gasteiger charge is 2.41. The third kappa shape index (κ3) is 3.65. The van der Waals surface area contributed by atoms with E-state index in [1.54, 1.807) is 9.80 Å². The Labute approximate surface area is 124 Å². The molecule has 7 heteroatoms. The Bertz CT molecular complexity index is 390. The highest BCUT2D eigenvalue weighted by atomic mass is 16.5. The molecule has 2 saturated heterocycles. The second-order valence-corrected chi connectivity index (χ2v) is 5.77. The van der Waals surface area contributed by atoms with Crippen molar-refractivity contribution in [2.75, 3.05) is 32.8 Å². The number of amides is 2. The average Bonchev–Trinajstić information content (AvgIpc) is 2.93. The van der Waals surface area contributed by atoms with Crippen LogP contribution in [0.4, 0.5) is 4.79 Å². The Morgan fingerprint density at radius 2 is 2.14 bits per heavy atom. The van der Waals surface area contributed by atoms with Gasteiger partial charge in [-0.1, -0.05) is 6.92 Å². The molecule has 0 saturated carbocycles. The van der Waals surface area contributed by atoms with Crippen LogP contribution in [0.25, 0.3) is 0 Å². The number of ether oxygens (including phenoxy) is 1. The van der Waals surface area contributed by atoms with Crippen molar-refractivity contribution in [3.63, 3.8) is 0 Å². The Hall–Kier alpha value is -1.34. The van der Waals surface area contributed by atoms with Crippen LogP contribution in [0, 0.1) is 5.92 Å². The van der Waals surface area contributed by atoms with Crippen LogP contribution in [0.3, 0.4) is 0 Å². The summed E-state index contributed by atoms with van der Waals surface area (Å²) in [6.07, 6.45) is 1.75. The number of carboxylic acids is 1. The molecule has 2 aliphatic heterocycles. The number of likely N-dealkylation sites (tertiary alicyclic amines) is 1. The first kappa shape index (κ1) is 16.0. The topological polar surface area (TPSA) is 90.3 Å². The second-order valence-electron chi connectivity index (χ2n) is 5.77. The summed E-state index contributed by atoms with van der Waals surface area (Å²) < 4.78 is 5.27. The number of carbonyl (C=O) groups is 2. The van der Waals surface area contributed by atoms with Gasteiger partial charge in [0, 0.05) is 19.6 Å². The lowest BCUT2D eigenvalue weighted by Crippen LogP contribution is -2.54. The van der Waals surface area contributed by atoms with Crippen LogP contribution < -0.4 is 0 Å². The zero-order valence-electron chi connectivity index (χ0n) is 12.4. The van der Waals surface area contributed by atoms with Gasteiger partial charge in [-0.3, -0.25) is 4.79 Å². The van der Waals surface area contributed by atoms with Crippen LogP contribution in [0.1, 0.15) is 26.2 Å². The molecule has 2 amide bonds. The zero-order valence-corrected chi connectivity index (χ0v) is 12.4.